The maximum atomic E-state index is 13.6. The molecule has 0 aliphatic carbocycles. The van der Waals surface area contributed by atoms with E-state index >= 15 is 0 Å². The van der Waals surface area contributed by atoms with E-state index in [2.05, 4.69) is 29.8 Å². The van der Waals surface area contributed by atoms with Crippen LogP contribution in [0, 0.1) is 11.8 Å². The van der Waals surface area contributed by atoms with Crippen LogP contribution in [0.25, 0.3) is 0 Å². The molecule has 1 aromatic rings. The summed E-state index contributed by atoms with van der Waals surface area (Å²) in [5.41, 5.74) is -0.216. The fourth-order valence-corrected chi connectivity index (χ4v) is 4.00. The Morgan fingerprint density at radius 3 is 2.08 bits per heavy atom. The Bertz CT molecular complexity index is 924. The van der Waals surface area contributed by atoms with Gasteiger partial charge in [0.15, 0.2) is 0 Å². The molecule has 1 aromatic carbocycles. The number of alkyl carbamates (subject to hydrolysis) is 1. The molecule has 0 aliphatic heterocycles. The van der Waals surface area contributed by atoms with Crippen molar-refractivity contribution in [2.24, 2.45) is 11.8 Å². The first kappa shape index (κ1) is 35.2. The van der Waals surface area contributed by atoms with Crippen LogP contribution in [0.15, 0.2) is 30.3 Å². The van der Waals surface area contributed by atoms with Gasteiger partial charge in [-0.25, -0.2) is 9.59 Å². The molecule has 4 N–H and O–H groups in total. The third-order valence-electron chi connectivity index (χ3n) is 6.41. The van der Waals surface area contributed by atoms with Crippen molar-refractivity contribution in [2.45, 2.75) is 118 Å². The van der Waals surface area contributed by atoms with Gasteiger partial charge in [0.25, 0.3) is 0 Å². The second-order valence-corrected chi connectivity index (χ2v) is 13.2. The number of nitrogens with one attached hydrogen (secondary N) is 3. The zero-order valence-electron chi connectivity index (χ0n) is 26.3. The summed E-state index contributed by atoms with van der Waals surface area (Å²) in [6, 6.07) is 7.75. The first-order valence-corrected chi connectivity index (χ1v) is 14.5. The molecule has 0 saturated carbocycles. The van der Waals surface area contributed by atoms with Gasteiger partial charge in [-0.2, -0.15) is 0 Å². The Balaban J connectivity index is 3.23. The molecule has 0 spiro atoms. The smallest absolute Gasteiger partial charge is 0.408 e. The lowest BCUT2D eigenvalue weighted by atomic mass is 9.96. The molecule has 4 amide bonds. The number of benzene rings is 1. The largest absolute Gasteiger partial charge is 0.444 e. The first-order valence-electron chi connectivity index (χ1n) is 14.5. The minimum atomic E-state index is -1.05. The zero-order valence-corrected chi connectivity index (χ0v) is 26.3. The third-order valence-corrected chi connectivity index (χ3v) is 6.41. The SMILES string of the molecule is CC[C@H](C)[C@H](NC(=O)OC(C)(C)C)C(=O)N[C@@H](Cc1ccccc1)[C@H](O)CN(CCC(C)C)C(=O)NC(C)(C)C. The number of aliphatic hydroxyl groups is 1. The molecular weight excluding hydrogens is 508 g/mol. The lowest BCUT2D eigenvalue weighted by Crippen LogP contribution is -2.58. The Hall–Kier alpha value is -2.81. The highest BCUT2D eigenvalue weighted by atomic mass is 16.6. The van der Waals surface area contributed by atoms with Crippen molar-refractivity contribution in [1.82, 2.24) is 20.9 Å². The van der Waals surface area contributed by atoms with E-state index in [1.807, 2.05) is 65.0 Å². The van der Waals surface area contributed by atoms with Crippen LogP contribution >= 0.6 is 0 Å². The third kappa shape index (κ3) is 14.0. The van der Waals surface area contributed by atoms with Crippen molar-refractivity contribution in [3.63, 3.8) is 0 Å². The number of hydrogen-bond donors (Lipinski definition) is 4. The molecule has 228 valence electrons. The number of rotatable bonds is 13. The maximum absolute atomic E-state index is 13.6. The van der Waals surface area contributed by atoms with Crippen LogP contribution in [0.3, 0.4) is 0 Å². The van der Waals surface area contributed by atoms with E-state index < -0.39 is 41.3 Å². The van der Waals surface area contributed by atoms with E-state index in [-0.39, 0.29) is 18.5 Å². The summed E-state index contributed by atoms with van der Waals surface area (Å²) < 4.78 is 5.40. The predicted molar refractivity (Wildman–Crippen MR) is 160 cm³/mol. The summed E-state index contributed by atoms with van der Waals surface area (Å²) in [6.45, 7) is 19.5. The molecule has 1 rings (SSSR count). The fourth-order valence-electron chi connectivity index (χ4n) is 4.00. The van der Waals surface area contributed by atoms with Gasteiger partial charge in [0, 0.05) is 12.1 Å². The summed E-state index contributed by atoms with van der Waals surface area (Å²) >= 11 is 0. The van der Waals surface area contributed by atoms with Crippen molar-refractivity contribution in [3.05, 3.63) is 35.9 Å². The van der Waals surface area contributed by atoms with E-state index in [4.69, 9.17) is 4.74 Å². The number of ether oxygens (including phenoxy) is 1. The van der Waals surface area contributed by atoms with Crippen molar-refractivity contribution >= 4 is 18.0 Å². The second-order valence-electron chi connectivity index (χ2n) is 13.2. The summed E-state index contributed by atoms with van der Waals surface area (Å²) in [5.74, 6) is -0.215. The maximum Gasteiger partial charge on any atom is 0.408 e. The van der Waals surface area contributed by atoms with E-state index in [9.17, 15) is 19.5 Å². The first-order chi connectivity index (χ1) is 18.4. The number of carbonyl (C=O) groups is 3. The van der Waals surface area contributed by atoms with Crippen molar-refractivity contribution < 1.29 is 24.2 Å². The molecule has 9 nitrogen and oxygen atoms in total. The van der Waals surface area contributed by atoms with Gasteiger partial charge in [0.05, 0.1) is 18.7 Å². The summed E-state index contributed by atoms with van der Waals surface area (Å²) in [5, 5.41) is 20.2. The van der Waals surface area contributed by atoms with Crippen LogP contribution < -0.4 is 16.0 Å². The Kier molecular flexibility index (Phi) is 13.9. The lowest BCUT2D eigenvalue weighted by molar-refractivity contribution is -0.126. The van der Waals surface area contributed by atoms with Gasteiger partial charge in [-0.3, -0.25) is 4.79 Å². The summed E-state index contributed by atoms with van der Waals surface area (Å²) in [4.78, 5) is 40.9. The molecule has 40 heavy (non-hydrogen) atoms. The number of urea groups is 1. The molecule has 0 aromatic heterocycles. The molecular formula is C31H54N4O5. The van der Waals surface area contributed by atoms with E-state index in [0.29, 0.717) is 25.3 Å². The Labute approximate surface area is 241 Å². The average molecular weight is 563 g/mol. The predicted octanol–water partition coefficient (Wildman–Crippen LogP) is 4.87. The highest BCUT2D eigenvalue weighted by molar-refractivity contribution is 5.86. The fraction of sp³-hybridized carbons (Fsp3) is 0.710. The van der Waals surface area contributed by atoms with E-state index in [1.54, 1.807) is 25.7 Å². The molecule has 0 fully saturated rings. The number of carbonyl (C=O) groups excluding carboxylic acids is 3. The van der Waals surface area contributed by atoms with Crippen LogP contribution in [0.2, 0.25) is 0 Å². The van der Waals surface area contributed by atoms with Crippen LogP contribution in [0.5, 0.6) is 0 Å². The van der Waals surface area contributed by atoms with Gasteiger partial charge in [-0.1, -0.05) is 64.4 Å². The standard InChI is InChI=1S/C31H54N4O5/c1-11-22(4)26(33-29(39)40-31(8,9)10)27(37)32-24(19-23-15-13-12-14-16-23)25(36)20-35(18-17-21(2)3)28(38)34-30(5,6)7/h12-16,21-22,24-26,36H,11,17-20H2,1-10H3,(H,32,37)(H,33,39)(H,34,38)/t22-,24-,25+,26-/m0/s1. The minimum Gasteiger partial charge on any atom is -0.444 e. The average Bonchev–Trinajstić information content (AvgIpc) is 2.82. The van der Waals surface area contributed by atoms with Gasteiger partial charge in [0.1, 0.15) is 11.6 Å². The molecule has 9 heteroatoms. The molecule has 0 unspecified atom stereocenters. The monoisotopic (exact) mass is 562 g/mol. The number of amides is 4. The van der Waals surface area contributed by atoms with E-state index in [0.717, 1.165) is 12.0 Å². The molecule has 4 atom stereocenters. The van der Waals surface area contributed by atoms with E-state index in [1.165, 1.54) is 0 Å². The van der Waals surface area contributed by atoms with Crippen molar-refractivity contribution in [3.8, 4) is 0 Å². The normalized spacial score (nSPS) is 15.0. The van der Waals surface area contributed by atoms with Crippen LogP contribution in [-0.4, -0.2) is 70.5 Å². The molecule has 0 bridgehead atoms. The quantitative estimate of drug-likeness (QED) is 0.273. The zero-order chi connectivity index (χ0) is 30.7. The van der Waals surface area contributed by atoms with Gasteiger partial charge >= 0.3 is 12.1 Å². The van der Waals surface area contributed by atoms with Gasteiger partial charge in [0.2, 0.25) is 5.91 Å². The Morgan fingerprint density at radius 2 is 1.57 bits per heavy atom. The topological polar surface area (TPSA) is 120 Å². The molecule has 0 aliphatic rings. The molecule has 0 saturated heterocycles. The Morgan fingerprint density at radius 1 is 0.975 bits per heavy atom. The minimum absolute atomic E-state index is 0.0416. The van der Waals surface area contributed by atoms with Crippen LogP contribution in [-0.2, 0) is 16.0 Å². The van der Waals surface area contributed by atoms with Gasteiger partial charge in [-0.15, -0.1) is 0 Å². The van der Waals surface area contributed by atoms with Gasteiger partial charge < -0.3 is 30.7 Å². The second kappa shape index (κ2) is 15.8. The number of nitrogens with zero attached hydrogens (tertiary/aromatic N) is 1. The van der Waals surface area contributed by atoms with Gasteiger partial charge in [-0.05, 0) is 71.8 Å². The van der Waals surface area contributed by atoms with Crippen LogP contribution in [0.1, 0.15) is 87.6 Å². The highest BCUT2D eigenvalue weighted by Crippen LogP contribution is 2.15. The summed E-state index contributed by atoms with van der Waals surface area (Å²) in [7, 11) is 0. The number of aliphatic hydroxyl groups excluding tert-OH is 1. The summed E-state index contributed by atoms with van der Waals surface area (Å²) in [6.07, 6.45) is 0.0470. The number of hydrogen-bond acceptors (Lipinski definition) is 5. The van der Waals surface area contributed by atoms with Crippen LogP contribution in [0.4, 0.5) is 9.59 Å². The molecule has 0 heterocycles. The van der Waals surface area contributed by atoms with Crippen molar-refractivity contribution in [2.75, 3.05) is 13.1 Å². The van der Waals surface area contributed by atoms with Crippen molar-refractivity contribution in [1.29, 1.82) is 0 Å². The lowest BCUT2D eigenvalue weighted by Gasteiger charge is -2.34. The highest BCUT2D eigenvalue weighted by Gasteiger charge is 2.33. The molecule has 0 radical (unpaired) electrons.